The molecule has 33 heavy (non-hydrogen) atoms. The Hall–Kier alpha value is -3.16. The third-order valence-electron chi connectivity index (χ3n) is 6.84. The second kappa shape index (κ2) is 8.65. The van der Waals surface area contributed by atoms with Gasteiger partial charge in [0.1, 0.15) is 5.82 Å². The Kier molecular flexibility index (Phi) is 5.68. The molecule has 2 saturated heterocycles. The number of hydrogen-bond acceptors (Lipinski definition) is 5. The summed E-state index contributed by atoms with van der Waals surface area (Å²) in [4.78, 5) is 28.1. The van der Waals surface area contributed by atoms with E-state index in [0.29, 0.717) is 36.9 Å². The Morgan fingerprint density at radius 1 is 1.15 bits per heavy atom. The van der Waals surface area contributed by atoms with Crippen LogP contribution in [-0.4, -0.2) is 34.5 Å². The highest BCUT2D eigenvalue weighted by Gasteiger charge is 2.38. The fraction of sp³-hybridized carbons (Fsp3) is 0.346. The van der Waals surface area contributed by atoms with E-state index in [1.165, 1.54) is 0 Å². The zero-order chi connectivity index (χ0) is 23.0. The maximum absolute atomic E-state index is 15.8. The van der Waals surface area contributed by atoms with Crippen LogP contribution in [0.4, 0.5) is 4.39 Å². The number of aromatic nitrogens is 1. The smallest absolute Gasteiger partial charge is 0.234 e. The zero-order valence-electron chi connectivity index (χ0n) is 18.2. The van der Waals surface area contributed by atoms with E-state index >= 15 is 4.39 Å². The third-order valence-corrected chi connectivity index (χ3v) is 6.84. The minimum absolute atomic E-state index is 0.0224. The minimum Gasteiger partial charge on any atom is -0.385 e. The molecule has 2 fully saturated rings. The van der Waals surface area contributed by atoms with Gasteiger partial charge in [-0.15, -0.1) is 0 Å². The molecular weight excluding hydrogens is 421 g/mol. The molecule has 2 aliphatic rings. The Balaban J connectivity index is 1.45. The molecule has 5 rings (SSSR count). The molecule has 170 valence electrons. The summed E-state index contributed by atoms with van der Waals surface area (Å²) in [5.41, 5.74) is 1.16. The summed E-state index contributed by atoms with van der Waals surface area (Å²) < 4.78 is 15.8. The topological polar surface area (TPSA) is 91.3 Å². The Morgan fingerprint density at radius 2 is 1.97 bits per heavy atom. The van der Waals surface area contributed by atoms with Gasteiger partial charge in [-0.2, -0.15) is 0 Å². The molecule has 3 unspecified atom stereocenters. The summed E-state index contributed by atoms with van der Waals surface area (Å²) in [5, 5.41) is 17.6. The van der Waals surface area contributed by atoms with Crippen LogP contribution in [0.5, 0.6) is 0 Å². The Morgan fingerprint density at radius 3 is 2.76 bits per heavy atom. The van der Waals surface area contributed by atoms with Crippen LogP contribution in [0, 0.1) is 5.82 Å². The van der Waals surface area contributed by atoms with Gasteiger partial charge in [-0.3, -0.25) is 19.9 Å². The highest BCUT2D eigenvalue weighted by Crippen LogP contribution is 2.38. The number of aliphatic hydroxyl groups is 1. The van der Waals surface area contributed by atoms with Crippen molar-refractivity contribution in [2.24, 2.45) is 0 Å². The van der Waals surface area contributed by atoms with E-state index in [1.54, 1.807) is 24.4 Å². The monoisotopic (exact) mass is 447 g/mol. The normalized spacial score (nSPS) is 25.8. The third kappa shape index (κ3) is 4.26. The Bertz CT molecular complexity index is 1220. The number of imide groups is 1. The van der Waals surface area contributed by atoms with Crippen molar-refractivity contribution in [3.63, 3.8) is 0 Å². The SMILES string of the molecule is O=C1CCC(c2cnc3ccc(C4(O)CCNC(Cc5ccccc5)C4)c(F)c3c2)C(=O)N1. The molecule has 0 bridgehead atoms. The maximum Gasteiger partial charge on any atom is 0.234 e. The molecule has 2 amide bonds. The van der Waals surface area contributed by atoms with Crippen molar-refractivity contribution in [1.82, 2.24) is 15.6 Å². The van der Waals surface area contributed by atoms with Gasteiger partial charge >= 0.3 is 0 Å². The van der Waals surface area contributed by atoms with Crippen LogP contribution in [-0.2, 0) is 21.6 Å². The quantitative estimate of drug-likeness (QED) is 0.535. The number of piperidine rings is 2. The molecule has 3 heterocycles. The number of amides is 2. The van der Waals surface area contributed by atoms with Crippen LogP contribution in [0.2, 0.25) is 0 Å². The fourth-order valence-corrected chi connectivity index (χ4v) is 5.09. The number of halogens is 1. The van der Waals surface area contributed by atoms with Crippen molar-refractivity contribution in [1.29, 1.82) is 0 Å². The number of carbonyl (C=O) groups excluding carboxylic acids is 2. The number of carbonyl (C=O) groups is 2. The van der Waals surface area contributed by atoms with Gasteiger partial charge in [-0.25, -0.2) is 4.39 Å². The lowest BCUT2D eigenvalue weighted by molar-refractivity contribution is -0.134. The first-order valence-corrected chi connectivity index (χ1v) is 11.3. The van der Waals surface area contributed by atoms with E-state index in [9.17, 15) is 14.7 Å². The summed E-state index contributed by atoms with van der Waals surface area (Å²) in [6.45, 7) is 0.583. The number of nitrogens with one attached hydrogen (secondary N) is 2. The molecule has 7 heteroatoms. The molecule has 1 aromatic heterocycles. The minimum atomic E-state index is -1.30. The molecule has 2 aliphatic heterocycles. The van der Waals surface area contributed by atoms with E-state index in [-0.39, 0.29) is 35.2 Å². The van der Waals surface area contributed by atoms with Gasteiger partial charge in [0, 0.05) is 29.6 Å². The molecule has 3 N–H and O–H groups in total. The van der Waals surface area contributed by atoms with Crippen LogP contribution in [0.15, 0.2) is 54.7 Å². The second-order valence-corrected chi connectivity index (χ2v) is 9.09. The molecule has 6 nitrogen and oxygen atoms in total. The van der Waals surface area contributed by atoms with Crippen molar-refractivity contribution in [2.75, 3.05) is 6.54 Å². The molecule has 2 aromatic carbocycles. The first kappa shape index (κ1) is 21.7. The average molecular weight is 448 g/mol. The van der Waals surface area contributed by atoms with E-state index in [1.807, 2.05) is 30.3 Å². The summed E-state index contributed by atoms with van der Waals surface area (Å²) in [6, 6.07) is 15.0. The van der Waals surface area contributed by atoms with E-state index < -0.39 is 17.3 Å². The van der Waals surface area contributed by atoms with Crippen molar-refractivity contribution in [3.05, 3.63) is 77.2 Å². The second-order valence-electron chi connectivity index (χ2n) is 9.09. The van der Waals surface area contributed by atoms with Gasteiger partial charge < -0.3 is 10.4 Å². The average Bonchev–Trinajstić information content (AvgIpc) is 2.80. The molecule has 0 aliphatic carbocycles. The number of nitrogens with zero attached hydrogens (tertiary/aromatic N) is 1. The summed E-state index contributed by atoms with van der Waals surface area (Å²) in [7, 11) is 0. The molecule has 0 saturated carbocycles. The van der Waals surface area contributed by atoms with Crippen LogP contribution in [0.25, 0.3) is 10.9 Å². The lowest BCUT2D eigenvalue weighted by Gasteiger charge is -2.38. The first-order chi connectivity index (χ1) is 15.9. The number of pyridine rings is 1. The highest BCUT2D eigenvalue weighted by molar-refractivity contribution is 6.01. The predicted octanol–water partition coefficient (Wildman–Crippen LogP) is 3.08. The van der Waals surface area contributed by atoms with Crippen LogP contribution < -0.4 is 10.6 Å². The summed E-state index contributed by atoms with van der Waals surface area (Å²) in [6.07, 6.45) is 3.73. The van der Waals surface area contributed by atoms with Crippen molar-refractivity contribution in [3.8, 4) is 0 Å². The van der Waals surface area contributed by atoms with Gasteiger partial charge in [-0.05, 0) is 55.5 Å². The largest absolute Gasteiger partial charge is 0.385 e. The molecule has 0 radical (unpaired) electrons. The van der Waals surface area contributed by atoms with Crippen molar-refractivity contribution >= 4 is 22.7 Å². The first-order valence-electron chi connectivity index (χ1n) is 11.3. The lowest BCUT2D eigenvalue weighted by Crippen LogP contribution is -2.47. The van der Waals surface area contributed by atoms with Gasteiger partial charge in [0.2, 0.25) is 11.8 Å². The number of rotatable bonds is 4. The molecule has 0 spiro atoms. The van der Waals surface area contributed by atoms with E-state index in [2.05, 4.69) is 15.6 Å². The number of hydrogen-bond donors (Lipinski definition) is 3. The van der Waals surface area contributed by atoms with Crippen LogP contribution in [0.1, 0.15) is 48.3 Å². The van der Waals surface area contributed by atoms with Crippen LogP contribution in [0.3, 0.4) is 0 Å². The standard InChI is InChI=1S/C26H26FN3O3/c27-24-20-13-17(19-6-9-23(31)30-25(19)32)15-29-22(20)8-7-21(24)26(33)10-11-28-18(14-26)12-16-4-2-1-3-5-16/h1-5,7-8,13,15,18-19,28,33H,6,9-12,14H2,(H,30,31,32). The molecule has 3 aromatic rings. The number of fused-ring (bicyclic) bond motifs is 1. The highest BCUT2D eigenvalue weighted by atomic mass is 19.1. The number of benzene rings is 2. The Labute approximate surface area is 191 Å². The van der Waals surface area contributed by atoms with Gasteiger partial charge in [0.15, 0.2) is 0 Å². The molecule has 3 atom stereocenters. The predicted molar refractivity (Wildman–Crippen MR) is 122 cm³/mol. The van der Waals surface area contributed by atoms with Crippen molar-refractivity contribution in [2.45, 2.75) is 49.7 Å². The van der Waals surface area contributed by atoms with E-state index in [0.717, 1.165) is 12.0 Å². The summed E-state index contributed by atoms with van der Waals surface area (Å²) >= 11 is 0. The van der Waals surface area contributed by atoms with Gasteiger partial charge in [0.05, 0.1) is 17.0 Å². The van der Waals surface area contributed by atoms with Crippen LogP contribution >= 0.6 is 0 Å². The zero-order valence-corrected chi connectivity index (χ0v) is 18.2. The fourth-order valence-electron chi connectivity index (χ4n) is 5.09. The maximum atomic E-state index is 15.8. The van der Waals surface area contributed by atoms with Gasteiger partial charge in [0.25, 0.3) is 0 Å². The van der Waals surface area contributed by atoms with Gasteiger partial charge in [-0.1, -0.05) is 36.4 Å². The summed E-state index contributed by atoms with van der Waals surface area (Å²) in [5.74, 6) is -1.72. The van der Waals surface area contributed by atoms with Crippen molar-refractivity contribution < 1.29 is 19.1 Å². The van der Waals surface area contributed by atoms with E-state index in [4.69, 9.17) is 0 Å². The lowest BCUT2D eigenvalue weighted by atomic mass is 9.79. The molecular formula is C26H26FN3O3.